The van der Waals surface area contributed by atoms with Crippen LogP contribution in [0.2, 0.25) is 0 Å². The largest absolute Gasteiger partial charge is 0.508 e. The molecular weight excluding hydrogens is 378 g/mol. The van der Waals surface area contributed by atoms with E-state index in [-0.39, 0.29) is 41.4 Å². The van der Waals surface area contributed by atoms with Crippen LogP contribution in [0.4, 0.5) is 0 Å². The second kappa shape index (κ2) is 8.03. The third kappa shape index (κ3) is 3.60. The summed E-state index contributed by atoms with van der Waals surface area (Å²) >= 11 is 0. The smallest absolute Gasteiger partial charge is 0.233 e. The number of aromatic hydroxyl groups is 1. The second-order valence-electron chi connectivity index (χ2n) is 9.26. The number of imide groups is 1. The number of ether oxygens (including phenoxy) is 1. The van der Waals surface area contributed by atoms with Crippen molar-refractivity contribution in [3.63, 3.8) is 0 Å². The number of likely N-dealkylation sites (tertiary alicyclic amines) is 1. The van der Waals surface area contributed by atoms with Gasteiger partial charge in [-0.15, -0.1) is 0 Å². The molecule has 2 amide bonds. The van der Waals surface area contributed by atoms with Crippen molar-refractivity contribution in [1.82, 2.24) is 4.90 Å². The van der Waals surface area contributed by atoms with Gasteiger partial charge in [-0.2, -0.15) is 0 Å². The van der Waals surface area contributed by atoms with E-state index in [1.807, 2.05) is 12.1 Å². The Bertz CT molecular complexity index is 929. The fourth-order valence-electron chi connectivity index (χ4n) is 5.45. The standard InChI is InChI=1S/C25H31NO4/c1-14(2)18-12-19-23(25(29)26(4)24(19)28)20-13-30-21(22(18)20)9-8-15(3)10-16-6-5-7-17(27)11-16/h5-7,10-11,14,19-21,23,27H,8-9,12-13H2,1-4H3/b15-10+/t19-,20+,21-,23-/m1/s1. The number of phenols is 1. The first-order chi connectivity index (χ1) is 14.3. The maximum Gasteiger partial charge on any atom is 0.233 e. The number of hydrogen-bond acceptors (Lipinski definition) is 4. The summed E-state index contributed by atoms with van der Waals surface area (Å²) in [5.41, 5.74) is 4.81. The van der Waals surface area contributed by atoms with Gasteiger partial charge in [0.15, 0.2) is 0 Å². The monoisotopic (exact) mass is 409 g/mol. The van der Waals surface area contributed by atoms with Crippen molar-refractivity contribution in [3.05, 3.63) is 46.5 Å². The van der Waals surface area contributed by atoms with Crippen LogP contribution >= 0.6 is 0 Å². The van der Waals surface area contributed by atoms with Gasteiger partial charge in [-0.25, -0.2) is 0 Å². The number of benzene rings is 1. The van der Waals surface area contributed by atoms with E-state index >= 15 is 0 Å². The molecule has 3 aliphatic rings. The van der Waals surface area contributed by atoms with Crippen LogP contribution in [-0.2, 0) is 14.3 Å². The molecule has 2 saturated heterocycles. The van der Waals surface area contributed by atoms with Crippen molar-refractivity contribution in [1.29, 1.82) is 0 Å². The van der Waals surface area contributed by atoms with E-state index in [9.17, 15) is 14.7 Å². The first kappa shape index (κ1) is 20.9. The van der Waals surface area contributed by atoms with E-state index in [2.05, 4.69) is 26.8 Å². The third-order valence-corrected chi connectivity index (χ3v) is 6.95. The lowest BCUT2D eigenvalue weighted by Gasteiger charge is -2.33. The first-order valence-corrected chi connectivity index (χ1v) is 10.9. The molecule has 0 radical (unpaired) electrons. The lowest BCUT2D eigenvalue weighted by atomic mass is 9.67. The molecule has 4 rings (SSSR count). The lowest BCUT2D eigenvalue weighted by molar-refractivity contribution is -0.138. The average Bonchev–Trinajstić information content (AvgIpc) is 3.21. The summed E-state index contributed by atoms with van der Waals surface area (Å²) in [7, 11) is 1.61. The Kier molecular flexibility index (Phi) is 5.58. The molecule has 5 nitrogen and oxygen atoms in total. The summed E-state index contributed by atoms with van der Waals surface area (Å²) in [6, 6.07) is 7.24. The number of carbonyl (C=O) groups excluding carboxylic acids is 2. The quantitative estimate of drug-likeness (QED) is 0.585. The van der Waals surface area contributed by atoms with Gasteiger partial charge in [0.1, 0.15) is 5.75 Å². The lowest BCUT2D eigenvalue weighted by Crippen LogP contribution is -2.34. The minimum absolute atomic E-state index is 0.00897. The van der Waals surface area contributed by atoms with Gasteiger partial charge < -0.3 is 9.84 Å². The Morgan fingerprint density at radius 2 is 2.03 bits per heavy atom. The van der Waals surface area contributed by atoms with Gasteiger partial charge in [-0.1, -0.05) is 43.2 Å². The molecule has 1 N–H and O–H groups in total. The minimum Gasteiger partial charge on any atom is -0.508 e. The van der Waals surface area contributed by atoms with Crippen LogP contribution in [0.3, 0.4) is 0 Å². The van der Waals surface area contributed by atoms with Gasteiger partial charge in [0.2, 0.25) is 11.8 Å². The Morgan fingerprint density at radius 3 is 2.73 bits per heavy atom. The number of fused-ring (bicyclic) bond motifs is 3. The summed E-state index contributed by atoms with van der Waals surface area (Å²) < 4.78 is 6.22. The molecule has 2 fully saturated rings. The van der Waals surface area contributed by atoms with E-state index in [0.717, 1.165) is 18.4 Å². The Balaban J connectivity index is 1.54. The zero-order valence-electron chi connectivity index (χ0n) is 18.2. The highest BCUT2D eigenvalue weighted by Gasteiger charge is 2.56. The second-order valence-corrected chi connectivity index (χ2v) is 9.26. The average molecular weight is 410 g/mol. The van der Waals surface area contributed by atoms with Gasteiger partial charge in [0, 0.05) is 13.0 Å². The molecule has 0 unspecified atom stereocenters. The van der Waals surface area contributed by atoms with E-state index < -0.39 is 0 Å². The highest BCUT2D eigenvalue weighted by molar-refractivity contribution is 6.05. The van der Waals surface area contributed by atoms with Gasteiger partial charge in [0.25, 0.3) is 0 Å². The summed E-state index contributed by atoms with van der Waals surface area (Å²) in [4.78, 5) is 26.7. The van der Waals surface area contributed by atoms with Crippen LogP contribution in [-0.4, -0.2) is 41.6 Å². The summed E-state index contributed by atoms with van der Waals surface area (Å²) in [5.74, 6) is 0.0865. The summed E-state index contributed by atoms with van der Waals surface area (Å²) in [6.45, 7) is 6.97. The number of allylic oxidation sites excluding steroid dienone is 2. The maximum atomic E-state index is 12.8. The van der Waals surface area contributed by atoms with Crippen molar-refractivity contribution in [2.45, 2.75) is 46.1 Å². The zero-order chi connectivity index (χ0) is 21.6. The van der Waals surface area contributed by atoms with E-state index in [1.54, 1.807) is 19.2 Å². The molecule has 1 aromatic rings. The minimum atomic E-state index is -0.256. The van der Waals surface area contributed by atoms with Crippen LogP contribution in [0.1, 0.15) is 45.6 Å². The predicted molar refractivity (Wildman–Crippen MR) is 115 cm³/mol. The Hall–Kier alpha value is -2.40. The topological polar surface area (TPSA) is 66.8 Å². The maximum absolute atomic E-state index is 12.8. The first-order valence-electron chi connectivity index (χ1n) is 10.9. The van der Waals surface area contributed by atoms with Crippen molar-refractivity contribution in [2.24, 2.45) is 23.7 Å². The normalized spacial score (nSPS) is 29.1. The number of phenolic OH excluding ortho intramolecular Hbond substituents is 1. The molecule has 0 aromatic heterocycles. The fraction of sp³-hybridized carbons (Fsp3) is 0.520. The van der Waals surface area contributed by atoms with Gasteiger partial charge >= 0.3 is 0 Å². The molecular formula is C25H31NO4. The van der Waals surface area contributed by atoms with Gasteiger partial charge in [0.05, 0.1) is 24.5 Å². The molecule has 2 aliphatic heterocycles. The fourth-order valence-corrected chi connectivity index (χ4v) is 5.45. The molecule has 30 heavy (non-hydrogen) atoms. The number of rotatable bonds is 5. The Morgan fingerprint density at radius 1 is 1.27 bits per heavy atom. The molecule has 2 heterocycles. The van der Waals surface area contributed by atoms with Crippen LogP contribution < -0.4 is 0 Å². The van der Waals surface area contributed by atoms with Crippen LogP contribution in [0.5, 0.6) is 5.75 Å². The molecule has 160 valence electrons. The van der Waals surface area contributed by atoms with E-state index in [0.29, 0.717) is 18.9 Å². The predicted octanol–water partition coefficient (Wildman–Crippen LogP) is 4.18. The number of carbonyl (C=O) groups is 2. The van der Waals surface area contributed by atoms with Crippen LogP contribution in [0.15, 0.2) is 41.0 Å². The van der Waals surface area contributed by atoms with E-state index in [1.165, 1.54) is 21.6 Å². The van der Waals surface area contributed by atoms with Gasteiger partial charge in [-0.3, -0.25) is 14.5 Å². The molecule has 5 heteroatoms. The highest BCUT2D eigenvalue weighted by Crippen LogP contribution is 2.51. The molecule has 0 bridgehead atoms. The van der Waals surface area contributed by atoms with Gasteiger partial charge in [-0.05, 0) is 55.4 Å². The SMILES string of the molecule is C/C(=C\c1cccc(O)c1)CC[C@H]1OC[C@H]2C1=C(C(C)C)C[C@H]1C(=O)N(C)C(=O)[C@H]12. The molecule has 0 saturated carbocycles. The highest BCUT2D eigenvalue weighted by atomic mass is 16.5. The van der Waals surface area contributed by atoms with Crippen molar-refractivity contribution in [2.75, 3.05) is 13.7 Å². The van der Waals surface area contributed by atoms with Crippen molar-refractivity contribution in [3.8, 4) is 5.75 Å². The zero-order valence-corrected chi connectivity index (χ0v) is 18.2. The third-order valence-electron chi connectivity index (χ3n) is 6.95. The molecule has 1 aliphatic carbocycles. The Labute approximate surface area is 178 Å². The van der Waals surface area contributed by atoms with Crippen LogP contribution in [0, 0.1) is 23.7 Å². The van der Waals surface area contributed by atoms with Crippen molar-refractivity contribution >= 4 is 17.9 Å². The molecule has 1 aromatic carbocycles. The summed E-state index contributed by atoms with van der Waals surface area (Å²) in [5, 5.41) is 9.66. The van der Waals surface area contributed by atoms with E-state index in [4.69, 9.17) is 4.74 Å². The number of nitrogens with zero attached hydrogens (tertiary/aromatic N) is 1. The number of amides is 2. The summed E-state index contributed by atoms with van der Waals surface area (Å²) in [6.07, 6.45) is 4.52. The van der Waals surface area contributed by atoms with Crippen molar-refractivity contribution < 1.29 is 19.4 Å². The molecule has 0 spiro atoms. The number of hydrogen-bond donors (Lipinski definition) is 1. The molecule has 4 atom stereocenters. The van der Waals surface area contributed by atoms with Crippen LogP contribution in [0.25, 0.3) is 6.08 Å².